The van der Waals surface area contributed by atoms with Crippen LogP contribution in [0.1, 0.15) is 25.0 Å². The lowest BCUT2D eigenvalue weighted by Gasteiger charge is -2.23. The molecule has 0 bridgehead atoms. The fraction of sp³-hybridized carbons (Fsp3) is 0.316. The molecule has 0 saturated heterocycles. The van der Waals surface area contributed by atoms with Gasteiger partial charge in [-0.3, -0.25) is 14.8 Å². The average Bonchev–Trinajstić information content (AvgIpc) is 2.59. The van der Waals surface area contributed by atoms with E-state index in [0.717, 1.165) is 5.56 Å². The highest BCUT2D eigenvalue weighted by molar-refractivity contribution is 6.37. The van der Waals surface area contributed by atoms with Crippen LogP contribution in [0, 0.1) is 0 Å². The van der Waals surface area contributed by atoms with Crippen molar-refractivity contribution in [3.63, 3.8) is 0 Å². The number of amides is 1. The summed E-state index contributed by atoms with van der Waals surface area (Å²) in [6.07, 6.45) is 0.0608. The van der Waals surface area contributed by atoms with Gasteiger partial charge in [-0.25, -0.2) is 0 Å². The highest BCUT2D eigenvalue weighted by atomic mass is 19.3. The first-order valence-electron chi connectivity index (χ1n) is 8.06. The molecule has 26 heavy (non-hydrogen) atoms. The van der Waals surface area contributed by atoms with Crippen LogP contribution in [0.5, 0.6) is 5.75 Å². The molecule has 0 N–H and O–H groups in total. The molecule has 5 nitrogen and oxygen atoms in total. The van der Waals surface area contributed by atoms with Crippen LogP contribution in [0.15, 0.2) is 53.8 Å². The molecule has 0 fully saturated rings. The number of hydrogen-bond acceptors (Lipinski definition) is 4. The lowest BCUT2D eigenvalue weighted by Crippen LogP contribution is -2.34. The summed E-state index contributed by atoms with van der Waals surface area (Å²) in [5, 5.41) is 0. The summed E-state index contributed by atoms with van der Waals surface area (Å²) < 4.78 is 30.7. The molecule has 0 radical (unpaired) electrons. The number of hydrogen-bond donors (Lipinski definition) is 0. The molecule has 0 spiro atoms. The third-order valence-corrected chi connectivity index (χ3v) is 3.60. The van der Waals surface area contributed by atoms with Gasteiger partial charge in [-0.2, -0.15) is 8.78 Å². The molecule has 1 amide bonds. The molecular formula is C19H21F2N3O2. The average molecular weight is 361 g/mol. The van der Waals surface area contributed by atoms with E-state index in [2.05, 4.69) is 14.7 Å². The van der Waals surface area contributed by atoms with Crippen LogP contribution in [0.25, 0.3) is 0 Å². The molecule has 7 heteroatoms. The molecule has 0 aliphatic carbocycles. The van der Waals surface area contributed by atoms with Gasteiger partial charge in [-0.05, 0) is 36.2 Å². The van der Waals surface area contributed by atoms with Gasteiger partial charge in [0.2, 0.25) is 0 Å². The first-order chi connectivity index (χ1) is 12.3. The summed E-state index contributed by atoms with van der Waals surface area (Å²) in [6, 6.07) is 9.97. The van der Waals surface area contributed by atoms with Gasteiger partial charge in [0.25, 0.3) is 5.91 Å². The Bertz CT molecular complexity index is 774. The third-order valence-electron chi connectivity index (χ3n) is 3.60. The zero-order valence-electron chi connectivity index (χ0n) is 14.9. The number of benzene rings is 1. The molecule has 1 aromatic heterocycles. The normalized spacial score (nSPS) is 12.0. The van der Waals surface area contributed by atoms with Crippen LogP contribution in [-0.2, 0) is 17.9 Å². The van der Waals surface area contributed by atoms with Gasteiger partial charge in [0.05, 0.1) is 5.71 Å². The number of carbonyl (C=O) groups is 1. The van der Waals surface area contributed by atoms with Crippen molar-refractivity contribution in [3.05, 3.63) is 59.9 Å². The molecular weight excluding hydrogens is 340 g/mol. The molecule has 1 aromatic carbocycles. The number of pyridine rings is 1. The van der Waals surface area contributed by atoms with Crippen LogP contribution < -0.4 is 4.74 Å². The first kappa shape index (κ1) is 19.5. The number of alkyl halides is 2. The summed E-state index contributed by atoms with van der Waals surface area (Å²) in [5.41, 5.74) is 1.89. The van der Waals surface area contributed by atoms with Gasteiger partial charge in [-0.1, -0.05) is 18.2 Å². The quantitative estimate of drug-likeness (QED) is 0.707. The van der Waals surface area contributed by atoms with E-state index in [9.17, 15) is 13.6 Å². The summed E-state index contributed by atoms with van der Waals surface area (Å²) in [4.78, 5) is 22.2. The zero-order chi connectivity index (χ0) is 19.2. The van der Waals surface area contributed by atoms with Crippen molar-refractivity contribution in [1.82, 2.24) is 9.88 Å². The third kappa shape index (κ3) is 5.91. The number of aromatic nitrogens is 1. The Kier molecular flexibility index (Phi) is 6.38. The highest BCUT2D eigenvalue weighted by Gasteiger charge is 2.23. The van der Waals surface area contributed by atoms with Crippen molar-refractivity contribution in [2.24, 2.45) is 4.99 Å². The van der Waals surface area contributed by atoms with E-state index in [1.54, 1.807) is 49.5 Å². The Balaban J connectivity index is 2.23. The Hall–Kier alpha value is -2.83. The fourth-order valence-electron chi connectivity index (χ4n) is 2.37. The minimum absolute atomic E-state index is 0.0460. The maximum absolute atomic E-state index is 13.1. The monoisotopic (exact) mass is 361 g/mol. The van der Waals surface area contributed by atoms with E-state index in [1.165, 1.54) is 12.1 Å². The lowest BCUT2D eigenvalue weighted by atomic mass is 10.1. The molecule has 0 atom stereocenters. The van der Waals surface area contributed by atoms with Crippen molar-refractivity contribution >= 4 is 11.6 Å². The van der Waals surface area contributed by atoms with Gasteiger partial charge in [0, 0.05) is 39.5 Å². The Morgan fingerprint density at radius 3 is 2.54 bits per heavy atom. The van der Waals surface area contributed by atoms with Crippen LogP contribution in [0.3, 0.4) is 0 Å². The molecule has 0 aliphatic rings. The minimum Gasteiger partial charge on any atom is -0.433 e. The largest absolute Gasteiger partial charge is 0.433 e. The SMILES string of the molecule is CN=C(C)C(=O)N(Cc1cccnc1)Cc1cccc(OC(C)(F)F)c1. The van der Waals surface area contributed by atoms with Crippen molar-refractivity contribution in [2.45, 2.75) is 33.0 Å². The second kappa shape index (κ2) is 8.51. The van der Waals surface area contributed by atoms with E-state index in [0.29, 0.717) is 24.7 Å². The number of ether oxygens (including phenoxy) is 1. The molecule has 0 unspecified atom stereocenters. The molecule has 2 rings (SSSR count). The summed E-state index contributed by atoms with van der Waals surface area (Å²) in [5.74, 6) is -0.187. The van der Waals surface area contributed by atoms with Crippen molar-refractivity contribution in [3.8, 4) is 5.75 Å². The van der Waals surface area contributed by atoms with Crippen LogP contribution in [-0.4, -0.2) is 34.7 Å². The van der Waals surface area contributed by atoms with Gasteiger partial charge >= 0.3 is 6.11 Å². The smallest absolute Gasteiger partial charge is 0.394 e. The molecule has 0 aliphatic heterocycles. The number of carbonyl (C=O) groups excluding carboxylic acids is 1. The van der Waals surface area contributed by atoms with Gasteiger partial charge < -0.3 is 9.64 Å². The van der Waals surface area contributed by atoms with Gasteiger partial charge in [0.15, 0.2) is 0 Å². The summed E-state index contributed by atoms with van der Waals surface area (Å²) >= 11 is 0. The number of aliphatic imine (C=N–C) groups is 1. The van der Waals surface area contributed by atoms with Crippen LogP contribution in [0.2, 0.25) is 0 Å². The second-order valence-electron chi connectivity index (χ2n) is 5.89. The first-order valence-corrected chi connectivity index (χ1v) is 8.06. The van der Waals surface area contributed by atoms with E-state index < -0.39 is 6.11 Å². The predicted octanol–water partition coefficient (Wildman–Crippen LogP) is 3.69. The van der Waals surface area contributed by atoms with Crippen LogP contribution >= 0.6 is 0 Å². The lowest BCUT2D eigenvalue weighted by molar-refractivity contribution is -0.159. The Morgan fingerprint density at radius 1 is 1.23 bits per heavy atom. The van der Waals surface area contributed by atoms with Crippen LogP contribution in [0.4, 0.5) is 8.78 Å². The fourth-order valence-corrected chi connectivity index (χ4v) is 2.37. The Labute approximate surface area is 151 Å². The maximum Gasteiger partial charge on any atom is 0.394 e. The number of rotatable bonds is 7. The standard InChI is InChI=1S/C19H21F2N3O2/c1-14(22-3)18(25)24(13-16-7-5-9-23-11-16)12-15-6-4-8-17(10-15)26-19(2,20)21/h4-11H,12-13H2,1-3H3. The topological polar surface area (TPSA) is 54.8 Å². The number of halogens is 2. The molecule has 0 saturated carbocycles. The summed E-state index contributed by atoms with van der Waals surface area (Å²) in [6.45, 7) is 2.87. The number of nitrogens with zero attached hydrogens (tertiary/aromatic N) is 3. The van der Waals surface area contributed by atoms with E-state index in [1.807, 2.05) is 6.07 Å². The minimum atomic E-state index is -3.27. The molecule has 138 valence electrons. The predicted molar refractivity (Wildman–Crippen MR) is 95.2 cm³/mol. The summed E-state index contributed by atoms with van der Waals surface area (Å²) in [7, 11) is 1.55. The van der Waals surface area contributed by atoms with Crippen molar-refractivity contribution in [1.29, 1.82) is 0 Å². The molecule has 1 heterocycles. The van der Waals surface area contributed by atoms with Crippen molar-refractivity contribution in [2.75, 3.05) is 7.05 Å². The maximum atomic E-state index is 13.1. The van der Waals surface area contributed by atoms with Crippen molar-refractivity contribution < 1.29 is 18.3 Å². The Morgan fingerprint density at radius 2 is 1.92 bits per heavy atom. The molecule has 2 aromatic rings. The van der Waals surface area contributed by atoms with Gasteiger partial charge in [0.1, 0.15) is 5.75 Å². The van der Waals surface area contributed by atoms with Gasteiger partial charge in [-0.15, -0.1) is 0 Å². The second-order valence-corrected chi connectivity index (χ2v) is 5.89. The highest BCUT2D eigenvalue weighted by Crippen LogP contribution is 2.23. The zero-order valence-corrected chi connectivity index (χ0v) is 14.9. The van der Waals surface area contributed by atoms with E-state index >= 15 is 0 Å². The van der Waals surface area contributed by atoms with E-state index in [4.69, 9.17) is 0 Å². The van der Waals surface area contributed by atoms with E-state index in [-0.39, 0.29) is 18.2 Å².